The van der Waals surface area contributed by atoms with Crippen LogP contribution < -0.4 is 10.1 Å². The molecule has 1 unspecified atom stereocenters. The van der Waals surface area contributed by atoms with Gasteiger partial charge in [0, 0.05) is 19.1 Å². The second-order valence-corrected chi connectivity index (χ2v) is 8.51. The van der Waals surface area contributed by atoms with Crippen LogP contribution in [0.25, 0.3) is 0 Å². The number of benzene rings is 1. The minimum atomic E-state index is -0.478. The minimum Gasteiger partial charge on any atom is -0.481 e. The predicted molar refractivity (Wildman–Crippen MR) is 108 cm³/mol. The first-order valence-electron chi connectivity index (χ1n) is 10.1. The van der Waals surface area contributed by atoms with E-state index in [-0.39, 0.29) is 17.4 Å². The fraction of sp³-hybridized carbons (Fsp3) is 0.682. The van der Waals surface area contributed by atoms with Crippen molar-refractivity contribution in [3.8, 4) is 5.75 Å². The van der Waals surface area contributed by atoms with Crippen molar-refractivity contribution in [3.05, 3.63) is 29.8 Å². The van der Waals surface area contributed by atoms with Crippen LogP contribution in [0.15, 0.2) is 24.3 Å². The second-order valence-electron chi connectivity index (χ2n) is 8.51. The first-order chi connectivity index (χ1) is 12.3. The Kier molecular flexibility index (Phi) is 7.51. The average Bonchev–Trinajstić information content (AvgIpc) is 2.60. The Morgan fingerprint density at radius 3 is 2.38 bits per heavy atom. The minimum absolute atomic E-state index is 0.0168. The van der Waals surface area contributed by atoms with Gasteiger partial charge in [0.15, 0.2) is 6.10 Å². The lowest BCUT2D eigenvalue weighted by Crippen LogP contribution is -2.48. The Balaban J connectivity index is 1.77. The SMILES string of the molecule is CCCCN1CCC(NC(=O)C(C)Oc2ccc(C(C)(C)C)cc2)CC1. The molecule has 4 nitrogen and oxygen atoms in total. The standard InChI is InChI=1S/C22H36N2O2/c1-6-7-14-24-15-12-19(13-16-24)23-21(25)17(2)26-20-10-8-18(9-11-20)22(3,4)5/h8-11,17,19H,6-7,12-16H2,1-5H3,(H,23,25). The van der Waals surface area contributed by atoms with E-state index >= 15 is 0 Å². The van der Waals surface area contributed by atoms with Crippen molar-refractivity contribution in [1.29, 1.82) is 0 Å². The highest BCUT2D eigenvalue weighted by Crippen LogP contribution is 2.24. The van der Waals surface area contributed by atoms with Crippen molar-refractivity contribution < 1.29 is 9.53 Å². The van der Waals surface area contributed by atoms with Gasteiger partial charge in [-0.05, 0) is 55.8 Å². The van der Waals surface area contributed by atoms with E-state index in [1.54, 1.807) is 0 Å². The van der Waals surface area contributed by atoms with E-state index in [2.05, 4.69) is 50.0 Å². The third-order valence-corrected chi connectivity index (χ3v) is 5.16. The molecule has 26 heavy (non-hydrogen) atoms. The molecule has 1 aromatic carbocycles. The molecule has 0 bridgehead atoms. The van der Waals surface area contributed by atoms with E-state index < -0.39 is 6.10 Å². The number of ether oxygens (including phenoxy) is 1. The van der Waals surface area contributed by atoms with E-state index in [0.717, 1.165) is 31.7 Å². The van der Waals surface area contributed by atoms with Gasteiger partial charge in [-0.2, -0.15) is 0 Å². The summed E-state index contributed by atoms with van der Waals surface area (Å²) in [7, 11) is 0. The number of unbranched alkanes of at least 4 members (excludes halogenated alkanes) is 1. The Labute approximate surface area is 159 Å². The maximum Gasteiger partial charge on any atom is 0.260 e. The molecular formula is C22H36N2O2. The van der Waals surface area contributed by atoms with Gasteiger partial charge in [0.1, 0.15) is 5.75 Å². The molecule has 0 aromatic heterocycles. The number of likely N-dealkylation sites (tertiary alicyclic amines) is 1. The molecule has 1 amide bonds. The van der Waals surface area contributed by atoms with Crippen LogP contribution in [0, 0.1) is 0 Å². The zero-order valence-corrected chi connectivity index (χ0v) is 17.2. The highest BCUT2D eigenvalue weighted by Gasteiger charge is 2.23. The summed E-state index contributed by atoms with van der Waals surface area (Å²) >= 11 is 0. The normalized spacial score (nSPS) is 17.7. The highest BCUT2D eigenvalue weighted by molar-refractivity contribution is 5.81. The van der Waals surface area contributed by atoms with Gasteiger partial charge in [-0.1, -0.05) is 46.2 Å². The number of piperidine rings is 1. The summed E-state index contributed by atoms with van der Waals surface area (Å²) in [5.41, 5.74) is 1.38. The van der Waals surface area contributed by atoms with Crippen LogP contribution in [0.3, 0.4) is 0 Å². The average molecular weight is 361 g/mol. The fourth-order valence-corrected chi connectivity index (χ4v) is 3.29. The molecular weight excluding hydrogens is 324 g/mol. The molecule has 4 heteroatoms. The summed E-state index contributed by atoms with van der Waals surface area (Å²) in [6, 6.07) is 8.33. The van der Waals surface area contributed by atoms with Gasteiger partial charge in [0.25, 0.3) is 5.91 Å². The first kappa shape index (κ1) is 20.8. The topological polar surface area (TPSA) is 41.6 Å². The molecule has 1 heterocycles. The first-order valence-corrected chi connectivity index (χ1v) is 10.1. The van der Waals surface area contributed by atoms with Crippen molar-refractivity contribution in [2.24, 2.45) is 0 Å². The zero-order chi connectivity index (χ0) is 19.2. The molecule has 0 saturated carbocycles. The van der Waals surface area contributed by atoms with Gasteiger partial charge in [0.05, 0.1) is 0 Å². The van der Waals surface area contributed by atoms with E-state index in [1.165, 1.54) is 24.9 Å². The molecule has 1 N–H and O–H groups in total. The summed E-state index contributed by atoms with van der Waals surface area (Å²) in [5, 5.41) is 3.16. The third-order valence-electron chi connectivity index (χ3n) is 5.16. The van der Waals surface area contributed by atoms with Crippen molar-refractivity contribution in [2.75, 3.05) is 19.6 Å². The number of amides is 1. The molecule has 2 rings (SSSR count). The summed E-state index contributed by atoms with van der Waals surface area (Å²) in [6.45, 7) is 13.9. The van der Waals surface area contributed by atoms with Gasteiger partial charge >= 0.3 is 0 Å². The zero-order valence-electron chi connectivity index (χ0n) is 17.2. The number of carbonyl (C=O) groups excluding carboxylic acids is 1. The Bertz CT molecular complexity index is 555. The molecule has 1 fully saturated rings. The molecule has 1 aliphatic heterocycles. The number of nitrogens with zero attached hydrogens (tertiary/aromatic N) is 1. The van der Waals surface area contributed by atoms with Gasteiger partial charge < -0.3 is 15.0 Å². The molecule has 0 radical (unpaired) electrons. The third kappa shape index (κ3) is 6.31. The van der Waals surface area contributed by atoms with Gasteiger partial charge in [-0.3, -0.25) is 4.79 Å². The van der Waals surface area contributed by atoms with Crippen LogP contribution in [0.1, 0.15) is 65.9 Å². The van der Waals surface area contributed by atoms with Crippen LogP contribution in [0.5, 0.6) is 5.75 Å². The van der Waals surface area contributed by atoms with Gasteiger partial charge in [-0.25, -0.2) is 0 Å². The largest absolute Gasteiger partial charge is 0.481 e. The monoisotopic (exact) mass is 360 g/mol. The Morgan fingerprint density at radius 1 is 1.23 bits per heavy atom. The van der Waals surface area contributed by atoms with Gasteiger partial charge in [0.2, 0.25) is 0 Å². The lowest BCUT2D eigenvalue weighted by Gasteiger charge is -2.32. The number of rotatable bonds is 7. The summed E-state index contributed by atoms with van der Waals surface area (Å²) in [6.07, 6.45) is 4.08. The molecule has 0 spiro atoms. The van der Waals surface area contributed by atoms with Crippen molar-refractivity contribution in [3.63, 3.8) is 0 Å². The van der Waals surface area contributed by atoms with Gasteiger partial charge in [-0.15, -0.1) is 0 Å². The van der Waals surface area contributed by atoms with Crippen molar-refractivity contribution in [2.45, 2.75) is 77.9 Å². The van der Waals surface area contributed by atoms with E-state index in [1.807, 2.05) is 19.1 Å². The molecule has 1 aromatic rings. The summed E-state index contributed by atoms with van der Waals surface area (Å²) in [4.78, 5) is 14.9. The predicted octanol–water partition coefficient (Wildman–Crippen LogP) is 4.13. The number of carbonyl (C=O) groups is 1. The summed E-state index contributed by atoms with van der Waals surface area (Å²) in [5.74, 6) is 0.729. The number of nitrogens with one attached hydrogen (secondary N) is 1. The maximum absolute atomic E-state index is 12.4. The van der Waals surface area contributed by atoms with Crippen molar-refractivity contribution in [1.82, 2.24) is 10.2 Å². The summed E-state index contributed by atoms with van der Waals surface area (Å²) < 4.78 is 5.84. The van der Waals surface area contributed by atoms with E-state index in [0.29, 0.717) is 0 Å². The maximum atomic E-state index is 12.4. The van der Waals surface area contributed by atoms with Crippen LogP contribution in [-0.4, -0.2) is 42.6 Å². The molecule has 0 aliphatic carbocycles. The highest BCUT2D eigenvalue weighted by atomic mass is 16.5. The number of hydrogen-bond acceptors (Lipinski definition) is 3. The Hall–Kier alpha value is -1.55. The van der Waals surface area contributed by atoms with E-state index in [9.17, 15) is 4.79 Å². The van der Waals surface area contributed by atoms with Crippen LogP contribution in [-0.2, 0) is 10.2 Å². The van der Waals surface area contributed by atoms with Crippen LogP contribution in [0.2, 0.25) is 0 Å². The molecule has 1 atom stereocenters. The molecule has 1 saturated heterocycles. The molecule has 1 aliphatic rings. The second kappa shape index (κ2) is 9.40. The van der Waals surface area contributed by atoms with Crippen LogP contribution >= 0.6 is 0 Å². The lowest BCUT2D eigenvalue weighted by molar-refractivity contribution is -0.128. The Morgan fingerprint density at radius 2 is 1.85 bits per heavy atom. The fourth-order valence-electron chi connectivity index (χ4n) is 3.29. The number of hydrogen-bond donors (Lipinski definition) is 1. The van der Waals surface area contributed by atoms with Crippen molar-refractivity contribution >= 4 is 5.91 Å². The molecule has 146 valence electrons. The smallest absolute Gasteiger partial charge is 0.260 e. The lowest BCUT2D eigenvalue weighted by atomic mass is 9.87. The quantitative estimate of drug-likeness (QED) is 0.795. The van der Waals surface area contributed by atoms with E-state index in [4.69, 9.17) is 4.74 Å². The van der Waals surface area contributed by atoms with Crippen LogP contribution in [0.4, 0.5) is 0 Å².